The van der Waals surface area contributed by atoms with E-state index in [-0.39, 0.29) is 11.1 Å². The number of carbonyl (C=O) groups is 2. The van der Waals surface area contributed by atoms with E-state index in [2.05, 4.69) is 10.3 Å². The molecule has 0 aliphatic carbocycles. The number of rotatable bonds is 4. The van der Waals surface area contributed by atoms with Crippen LogP contribution in [0.3, 0.4) is 0 Å². The molecule has 3 aromatic rings. The number of anilines is 1. The molecule has 160 valence electrons. The highest BCUT2D eigenvalue weighted by Gasteiger charge is 2.16. The van der Waals surface area contributed by atoms with Gasteiger partial charge in [0, 0.05) is 18.7 Å². The monoisotopic (exact) mass is 419 g/mol. The molecule has 0 atom stereocenters. The highest BCUT2D eigenvalue weighted by molar-refractivity contribution is 5.97. The molecular formula is C24H25N3O4. The molecule has 1 aliphatic rings. The van der Waals surface area contributed by atoms with Gasteiger partial charge in [0.1, 0.15) is 5.82 Å². The van der Waals surface area contributed by atoms with Crippen LogP contribution in [0.5, 0.6) is 0 Å². The Labute approximate surface area is 180 Å². The van der Waals surface area contributed by atoms with Gasteiger partial charge < -0.3 is 10.1 Å². The van der Waals surface area contributed by atoms with Crippen molar-refractivity contribution in [1.82, 2.24) is 9.55 Å². The van der Waals surface area contributed by atoms with Crippen molar-refractivity contribution in [3.05, 3.63) is 69.8 Å². The summed E-state index contributed by atoms with van der Waals surface area (Å²) in [7, 11) is 0. The van der Waals surface area contributed by atoms with Crippen molar-refractivity contribution >= 4 is 28.5 Å². The van der Waals surface area contributed by atoms with E-state index in [1.807, 2.05) is 25.1 Å². The zero-order valence-electron chi connectivity index (χ0n) is 17.5. The van der Waals surface area contributed by atoms with Crippen molar-refractivity contribution in [2.75, 3.05) is 11.9 Å². The van der Waals surface area contributed by atoms with Crippen LogP contribution in [0.4, 0.5) is 5.69 Å². The van der Waals surface area contributed by atoms with Crippen LogP contribution in [0.1, 0.15) is 47.4 Å². The van der Waals surface area contributed by atoms with Gasteiger partial charge in [-0.1, -0.05) is 31.0 Å². The maximum atomic E-state index is 12.9. The van der Waals surface area contributed by atoms with Crippen molar-refractivity contribution in [3.8, 4) is 0 Å². The molecule has 2 aromatic carbocycles. The minimum atomic E-state index is -0.629. The first-order chi connectivity index (χ1) is 15.0. The molecule has 0 radical (unpaired) electrons. The average Bonchev–Trinajstić information content (AvgIpc) is 2.75. The number of amides is 1. The highest BCUT2D eigenvalue weighted by Crippen LogP contribution is 2.17. The van der Waals surface area contributed by atoms with Crippen LogP contribution in [-0.4, -0.2) is 28.0 Å². The van der Waals surface area contributed by atoms with Crippen LogP contribution in [0.2, 0.25) is 0 Å². The lowest BCUT2D eigenvalue weighted by atomic mass is 10.1. The Morgan fingerprint density at radius 2 is 1.90 bits per heavy atom. The zero-order chi connectivity index (χ0) is 21.8. The second-order valence-electron chi connectivity index (χ2n) is 7.82. The van der Waals surface area contributed by atoms with E-state index in [4.69, 9.17) is 4.74 Å². The van der Waals surface area contributed by atoms with Crippen molar-refractivity contribution in [2.45, 2.75) is 45.6 Å². The van der Waals surface area contributed by atoms with Crippen LogP contribution in [-0.2, 0) is 22.5 Å². The summed E-state index contributed by atoms with van der Waals surface area (Å²) in [6, 6.07) is 12.1. The first-order valence-electron chi connectivity index (χ1n) is 10.6. The van der Waals surface area contributed by atoms with Gasteiger partial charge in [-0.05, 0) is 49.6 Å². The van der Waals surface area contributed by atoms with Crippen LogP contribution in [0, 0.1) is 6.92 Å². The van der Waals surface area contributed by atoms with E-state index < -0.39 is 18.5 Å². The normalized spacial score (nSPS) is 13.7. The minimum absolute atomic E-state index is 0.0700. The number of nitrogens with one attached hydrogen (secondary N) is 1. The second-order valence-corrected chi connectivity index (χ2v) is 7.82. The number of hydrogen-bond donors (Lipinski definition) is 1. The van der Waals surface area contributed by atoms with E-state index in [0.717, 1.165) is 43.5 Å². The number of carbonyl (C=O) groups excluding carboxylic acids is 2. The van der Waals surface area contributed by atoms with E-state index >= 15 is 0 Å². The number of esters is 1. The number of fused-ring (bicyclic) bond motifs is 2. The number of para-hydroxylation sites is 1. The topological polar surface area (TPSA) is 90.3 Å². The summed E-state index contributed by atoms with van der Waals surface area (Å²) < 4.78 is 6.93. The number of hydrogen-bond acceptors (Lipinski definition) is 5. The standard InChI is InChI=1S/C24H25N3O4/c1-16-8-5-6-9-19(16)26-22(28)15-31-24(30)17-11-12-18-20(14-17)25-21-10-4-2-3-7-13-27(21)23(18)29/h5-6,8-9,11-12,14H,2-4,7,10,13,15H2,1H3,(H,26,28). The summed E-state index contributed by atoms with van der Waals surface area (Å²) in [5.41, 5.74) is 2.27. The molecule has 0 spiro atoms. The Hall–Kier alpha value is -3.48. The van der Waals surface area contributed by atoms with Gasteiger partial charge in [0.2, 0.25) is 0 Å². The average molecular weight is 419 g/mol. The first-order valence-corrected chi connectivity index (χ1v) is 10.6. The molecule has 1 N–H and O–H groups in total. The fourth-order valence-corrected chi connectivity index (χ4v) is 3.84. The van der Waals surface area contributed by atoms with Crippen LogP contribution in [0.25, 0.3) is 10.9 Å². The molecule has 4 rings (SSSR count). The summed E-state index contributed by atoms with van der Waals surface area (Å²) in [6.07, 6.45) is 4.96. The highest BCUT2D eigenvalue weighted by atomic mass is 16.5. The molecule has 1 amide bonds. The molecule has 0 saturated heterocycles. The van der Waals surface area contributed by atoms with Crippen molar-refractivity contribution in [1.29, 1.82) is 0 Å². The van der Waals surface area contributed by atoms with Gasteiger partial charge in [-0.25, -0.2) is 9.78 Å². The number of aromatic nitrogens is 2. The molecule has 7 nitrogen and oxygen atoms in total. The molecule has 7 heteroatoms. The Morgan fingerprint density at radius 1 is 1.10 bits per heavy atom. The van der Waals surface area contributed by atoms with Gasteiger partial charge in [-0.2, -0.15) is 0 Å². The van der Waals surface area contributed by atoms with E-state index in [9.17, 15) is 14.4 Å². The molecule has 0 fully saturated rings. The Morgan fingerprint density at radius 3 is 2.74 bits per heavy atom. The van der Waals surface area contributed by atoms with Crippen molar-refractivity contribution in [3.63, 3.8) is 0 Å². The number of aryl methyl sites for hydroxylation is 2. The number of nitrogens with zero attached hydrogens (tertiary/aromatic N) is 2. The molecule has 0 bridgehead atoms. The third-order valence-corrected chi connectivity index (χ3v) is 5.56. The largest absolute Gasteiger partial charge is 0.452 e. The Bertz CT molecular complexity index is 1200. The second kappa shape index (κ2) is 9.12. The maximum Gasteiger partial charge on any atom is 0.338 e. The maximum absolute atomic E-state index is 12.9. The summed E-state index contributed by atoms with van der Waals surface area (Å²) in [6.45, 7) is 2.16. The smallest absolute Gasteiger partial charge is 0.338 e. The summed E-state index contributed by atoms with van der Waals surface area (Å²) >= 11 is 0. The SMILES string of the molecule is Cc1ccccc1NC(=O)COC(=O)c1ccc2c(=O)n3c(nc2c1)CCCCCC3. The fourth-order valence-electron chi connectivity index (χ4n) is 3.84. The predicted octanol–water partition coefficient (Wildman–Crippen LogP) is 3.62. The summed E-state index contributed by atoms with van der Waals surface area (Å²) in [5.74, 6) is -0.281. The summed E-state index contributed by atoms with van der Waals surface area (Å²) in [5, 5.41) is 3.21. The van der Waals surface area contributed by atoms with E-state index in [1.54, 1.807) is 28.8 Å². The Balaban J connectivity index is 1.49. The number of ether oxygens (including phenoxy) is 1. The number of benzene rings is 2. The lowest BCUT2D eigenvalue weighted by Crippen LogP contribution is -2.26. The van der Waals surface area contributed by atoms with Crippen molar-refractivity contribution in [2.24, 2.45) is 0 Å². The quantitative estimate of drug-likeness (QED) is 0.653. The molecule has 1 aromatic heterocycles. The van der Waals surface area contributed by atoms with E-state index in [0.29, 0.717) is 23.1 Å². The van der Waals surface area contributed by atoms with Crippen LogP contribution < -0.4 is 10.9 Å². The first kappa shape index (κ1) is 20.8. The van der Waals surface area contributed by atoms with Crippen LogP contribution >= 0.6 is 0 Å². The van der Waals surface area contributed by atoms with Crippen LogP contribution in [0.15, 0.2) is 47.3 Å². The molecule has 2 heterocycles. The third-order valence-electron chi connectivity index (χ3n) is 5.56. The van der Waals surface area contributed by atoms with Gasteiger partial charge >= 0.3 is 5.97 Å². The van der Waals surface area contributed by atoms with Gasteiger partial charge in [0.25, 0.3) is 11.5 Å². The Kier molecular flexibility index (Phi) is 6.11. The fraction of sp³-hybridized carbons (Fsp3) is 0.333. The lowest BCUT2D eigenvalue weighted by Gasteiger charge is -2.16. The van der Waals surface area contributed by atoms with Gasteiger partial charge in [0.05, 0.1) is 16.5 Å². The molecule has 0 saturated carbocycles. The molecule has 1 aliphatic heterocycles. The minimum Gasteiger partial charge on any atom is -0.452 e. The lowest BCUT2D eigenvalue weighted by molar-refractivity contribution is -0.119. The van der Waals surface area contributed by atoms with Gasteiger partial charge in [-0.15, -0.1) is 0 Å². The molecule has 31 heavy (non-hydrogen) atoms. The molecular weight excluding hydrogens is 394 g/mol. The summed E-state index contributed by atoms with van der Waals surface area (Å²) in [4.78, 5) is 42.2. The third kappa shape index (κ3) is 4.66. The van der Waals surface area contributed by atoms with Gasteiger partial charge in [0.15, 0.2) is 6.61 Å². The molecule has 0 unspecified atom stereocenters. The van der Waals surface area contributed by atoms with Crippen molar-refractivity contribution < 1.29 is 14.3 Å². The zero-order valence-corrected chi connectivity index (χ0v) is 17.5. The van der Waals surface area contributed by atoms with E-state index in [1.165, 1.54) is 0 Å². The van der Waals surface area contributed by atoms with Gasteiger partial charge in [-0.3, -0.25) is 14.2 Å². The predicted molar refractivity (Wildman–Crippen MR) is 118 cm³/mol.